The number of aromatic nitrogens is 4. The first-order valence-corrected chi connectivity index (χ1v) is 8.68. The molecule has 3 heterocycles. The number of halogens is 1. The summed E-state index contributed by atoms with van der Waals surface area (Å²) in [6.45, 7) is 3.67. The summed E-state index contributed by atoms with van der Waals surface area (Å²) in [6.07, 6.45) is 3.75. The summed E-state index contributed by atoms with van der Waals surface area (Å²) >= 11 is 5.99. The molecule has 1 aliphatic heterocycles. The van der Waals surface area contributed by atoms with Crippen molar-refractivity contribution in [3.05, 3.63) is 31.9 Å². The minimum Gasteiger partial charge on any atom is -0.341 e. The molecule has 0 saturated carbocycles. The Morgan fingerprint density at radius 3 is 2.72 bits per heavy atom. The minimum atomic E-state index is -0.395. The summed E-state index contributed by atoms with van der Waals surface area (Å²) in [5, 5.41) is 0.629. The van der Waals surface area contributed by atoms with Crippen LogP contribution in [0.1, 0.15) is 19.8 Å². The van der Waals surface area contributed by atoms with Crippen LogP contribution in [0.5, 0.6) is 0 Å². The third-order valence-electron chi connectivity index (χ3n) is 4.62. The number of nitrogens with zero attached hydrogens (tertiary/aromatic N) is 5. The molecule has 8 nitrogen and oxygen atoms in total. The highest BCUT2D eigenvalue weighted by molar-refractivity contribution is 6.29. The quantitative estimate of drug-likeness (QED) is 0.854. The van der Waals surface area contributed by atoms with E-state index in [9.17, 15) is 9.59 Å². The Bertz CT molecular complexity index is 950. The van der Waals surface area contributed by atoms with Crippen molar-refractivity contribution in [2.75, 3.05) is 18.0 Å². The molecule has 0 aliphatic carbocycles. The fourth-order valence-electron chi connectivity index (χ4n) is 3.26. The lowest BCUT2D eigenvalue weighted by molar-refractivity contribution is 0.495. The van der Waals surface area contributed by atoms with Crippen LogP contribution in [-0.4, -0.2) is 37.8 Å². The van der Waals surface area contributed by atoms with Crippen LogP contribution in [0.15, 0.2) is 20.7 Å². The number of hydrogen-bond donors (Lipinski definition) is 1. The van der Waals surface area contributed by atoms with Gasteiger partial charge in [0.05, 0.1) is 0 Å². The van der Waals surface area contributed by atoms with Crippen LogP contribution < -0.4 is 21.9 Å². The Balaban J connectivity index is 2.28. The standard InChI is InChI=1S/C16H23ClN6O2/c1-10(17)6-8-23-12-13(20(2)16(25)21(3)14(12)24)19-15(23)22-7-4-5-11(18)9-22/h6,11H,4-5,7-9,18H2,1-3H3/b10-6-. The van der Waals surface area contributed by atoms with E-state index in [0.29, 0.717) is 35.2 Å². The Labute approximate surface area is 150 Å². The first-order valence-electron chi connectivity index (χ1n) is 8.30. The average Bonchev–Trinajstić information content (AvgIpc) is 2.96. The number of aryl methyl sites for hydroxylation is 1. The highest BCUT2D eigenvalue weighted by atomic mass is 35.5. The van der Waals surface area contributed by atoms with Crippen LogP contribution in [0.4, 0.5) is 5.95 Å². The molecule has 0 spiro atoms. The van der Waals surface area contributed by atoms with E-state index < -0.39 is 5.69 Å². The molecule has 0 radical (unpaired) electrons. The van der Waals surface area contributed by atoms with Gasteiger partial charge in [0.2, 0.25) is 5.95 Å². The summed E-state index contributed by atoms with van der Waals surface area (Å²) < 4.78 is 4.32. The number of hydrogen-bond acceptors (Lipinski definition) is 5. The van der Waals surface area contributed by atoms with Gasteiger partial charge in [0.15, 0.2) is 11.2 Å². The summed E-state index contributed by atoms with van der Waals surface area (Å²) in [6, 6.07) is 0.0685. The first kappa shape index (κ1) is 17.8. The molecule has 136 valence electrons. The molecule has 2 aromatic heterocycles. The smallest absolute Gasteiger partial charge is 0.332 e. The Morgan fingerprint density at radius 1 is 1.36 bits per heavy atom. The average molecular weight is 367 g/mol. The Kier molecular flexibility index (Phi) is 4.75. The SMILES string of the molecule is C/C(Cl)=C/Cn1c(N2CCCC(N)C2)nc2c1c(=O)n(C)c(=O)n2C. The van der Waals surface area contributed by atoms with E-state index in [4.69, 9.17) is 17.3 Å². The molecule has 2 N–H and O–H groups in total. The van der Waals surface area contributed by atoms with Gasteiger partial charge < -0.3 is 15.2 Å². The fourth-order valence-corrected chi connectivity index (χ4v) is 3.33. The van der Waals surface area contributed by atoms with Gasteiger partial charge in [-0.25, -0.2) is 4.79 Å². The highest BCUT2D eigenvalue weighted by Crippen LogP contribution is 2.23. The number of anilines is 1. The zero-order chi connectivity index (χ0) is 18.3. The second kappa shape index (κ2) is 6.68. The van der Waals surface area contributed by atoms with Crippen LogP contribution in [0.3, 0.4) is 0 Å². The summed E-state index contributed by atoms with van der Waals surface area (Å²) in [5.74, 6) is 0.651. The number of allylic oxidation sites excluding steroid dienone is 2. The Hall–Kier alpha value is -2.06. The van der Waals surface area contributed by atoms with Crippen LogP contribution in [0, 0.1) is 0 Å². The summed E-state index contributed by atoms with van der Waals surface area (Å²) in [4.78, 5) is 31.6. The topological polar surface area (TPSA) is 91.1 Å². The van der Waals surface area contributed by atoms with Crippen molar-refractivity contribution >= 4 is 28.7 Å². The number of piperidine rings is 1. The second-order valence-corrected chi connectivity index (χ2v) is 7.14. The lowest BCUT2D eigenvalue weighted by Gasteiger charge is -2.31. The van der Waals surface area contributed by atoms with Gasteiger partial charge in [0, 0.05) is 44.8 Å². The number of fused-ring (bicyclic) bond motifs is 1. The lowest BCUT2D eigenvalue weighted by Crippen LogP contribution is -2.44. The van der Waals surface area contributed by atoms with Crippen molar-refractivity contribution in [2.45, 2.75) is 32.4 Å². The maximum absolute atomic E-state index is 12.7. The molecule has 0 bridgehead atoms. The predicted molar refractivity (Wildman–Crippen MR) is 99.2 cm³/mol. The normalized spacial score (nSPS) is 19.0. The third kappa shape index (κ3) is 3.11. The number of nitrogens with two attached hydrogens (primary N) is 1. The molecule has 1 atom stereocenters. The van der Waals surface area contributed by atoms with Gasteiger partial charge >= 0.3 is 5.69 Å². The van der Waals surface area contributed by atoms with E-state index >= 15 is 0 Å². The molecular formula is C16H23ClN6O2. The van der Waals surface area contributed by atoms with Crippen LogP contribution in [0.25, 0.3) is 11.2 Å². The van der Waals surface area contributed by atoms with Gasteiger partial charge in [-0.1, -0.05) is 17.7 Å². The van der Waals surface area contributed by atoms with Gasteiger partial charge in [-0.3, -0.25) is 13.9 Å². The van der Waals surface area contributed by atoms with E-state index in [-0.39, 0.29) is 11.6 Å². The van der Waals surface area contributed by atoms with Crippen molar-refractivity contribution in [1.29, 1.82) is 0 Å². The molecule has 1 unspecified atom stereocenters. The number of imidazole rings is 1. The largest absolute Gasteiger partial charge is 0.341 e. The van der Waals surface area contributed by atoms with E-state index in [1.54, 1.807) is 14.0 Å². The van der Waals surface area contributed by atoms with Gasteiger partial charge in [-0.2, -0.15) is 4.98 Å². The zero-order valence-corrected chi connectivity index (χ0v) is 15.5. The lowest BCUT2D eigenvalue weighted by atomic mass is 10.1. The number of rotatable bonds is 3. The maximum atomic E-state index is 12.7. The molecular weight excluding hydrogens is 344 g/mol. The van der Waals surface area contributed by atoms with Crippen molar-refractivity contribution in [3.63, 3.8) is 0 Å². The zero-order valence-electron chi connectivity index (χ0n) is 14.7. The highest BCUT2D eigenvalue weighted by Gasteiger charge is 2.25. The van der Waals surface area contributed by atoms with Crippen LogP contribution >= 0.6 is 11.6 Å². The molecule has 9 heteroatoms. The van der Waals surface area contributed by atoms with Crippen molar-refractivity contribution in [3.8, 4) is 0 Å². The molecule has 2 aromatic rings. The molecule has 3 rings (SSSR count). The van der Waals surface area contributed by atoms with Crippen molar-refractivity contribution in [1.82, 2.24) is 18.7 Å². The molecule has 0 amide bonds. The predicted octanol–water partition coefficient (Wildman–Crippen LogP) is 0.504. The monoisotopic (exact) mass is 366 g/mol. The molecule has 1 fully saturated rings. The van der Waals surface area contributed by atoms with Crippen LogP contribution in [-0.2, 0) is 20.6 Å². The fraction of sp³-hybridized carbons (Fsp3) is 0.562. The van der Waals surface area contributed by atoms with E-state index in [1.807, 2.05) is 10.6 Å². The van der Waals surface area contributed by atoms with Gasteiger partial charge in [-0.15, -0.1) is 0 Å². The Morgan fingerprint density at radius 2 is 2.08 bits per heavy atom. The molecule has 0 aromatic carbocycles. The van der Waals surface area contributed by atoms with E-state index in [1.165, 1.54) is 11.6 Å². The second-order valence-electron chi connectivity index (χ2n) is 6.54. The van der Waals surface area contributed by atoms with Gasteiger partial charge in [0.25, 0.3) is 5.56 Å². The van der Waals surface area contributed by atoms with Crippen molar-refractivity contribution in [2.24, 2.45) is 19.8 Å². The minimum absolute atomic E-state index is 0.0685. The van der Waals surface area contributed by atoms with Crippen molar-refractivity contribution < 1.29 is 0 Å². The van der Waals surface area contributed by atoms with Gasteiger partial charge in [0.1, 0.15) is 0 Å². The van der Waals surface area contributed by atoms with E-state index in [0.717, 1.165) is 24.0 Å². The van der Waals surface area contributed by atoms with Gasteiger partial charge in [-0.05, 0) is 19.8 Å². The van der Waals surface area contributed by atoms with E-state index in [2.05, 4.69) is 9.88 Å². The molecule has 25 heavy (non-hydrogen) atoms. The molecule has 1 aliphatic rings. The maximum Gasteiger partial charge on any atom is 0.332 e. The first-order chi connectivity index (χ1) is 11.8. The molecule has 1 saturated heterocycles. The summed E-state index contributed by atoms with van der Waals surface area (Å²) in [7, 11) is 3.09. The van der Waals surface area contributed by atoms with Crippen LogP contribution in [0.2, 0.25) is 0 Å². The third-order valence-corrected chi connectivity index (χ3v) is 4.78. The summed E-state index contributed by atoms with van der Waals surface area (Å²) in [5.41, 5.74) is 6.12.